The van der Waals surface area contributed by atoms with E-state index in [1.165, 1.54) is 4.90 Å². The molecule has 0 N–H and O–H groups in total. The second-order valence-electron chi connectivity index (χ2n) is 2.76. The summed E-state index contributed by atoms with van der Waals surface area (Å²) in [5.41, 5.74) is 0. The van der Waals surface area contributed by atoms with Crippen molar-refractivity contribution >= 4 is 5.91 Å². The SMILES string of the molecule is CN(C)C(=O)COCC1CO1. The van der Waals surface area contributed by atoms with Crippen LogP contribution in [0.25, 0.3) is 0 Å². The van der Waals surface area contributed by atoms with Gasteiger partial charge in [0.05, 0.1) is 13.2 Å². The second-order valence-corrected chi connectivity index (χ2v) is 2.76. The molecule has 4 heteroatoms. The van der Waals surface area contributed by atoms with Gasteiger partial charge in [-0.05, 0) is 0 Å². The molecule has 1 unspecified atom stereocenters. The summed E-state index contributed by atoms with van der Waals surface area (Å²) < 4.78 is 9.97. The molecule has 0 aromatic carbocycles. The third-order valence-electron chi connectivity index (χ3n) is 1.43. The second kappa shape index (κ2) is 3.69. The van der Waals surface area contributed by atoms with Gasteiger partial charge in [0.2, 0.25) is 5.91 Å². The monoisotopic (exact) mass is 159 g/mol. The lowest BCUT2D eigenvalue weighted by Gasteiger charge is -2.09. The van der Waals surface area contributed by atoms with Crippen molar-refractivity contribution in [2.45, 2.75) is 6.10 Å². The fraction of sp³-hybridized carbons (Fsp3) is 0.857. The molecule has 1 rings (SSSR count). The van der Waals surface area contributed by atoms with E-state index >= 15 is 0 Å². The Morgan fingerprint density at radius 3 is 2.82 bits per heavy atom. The summed E-state index contributed by atoms with van der Waals surface area (Å²) in [6.45, 7) is 1.47. The molecule has 1 amide bonds. The standard InChI is InChI=1S/C7H13NO3/c1-8(2)7(9)5-10-3-6-4-11-6/h6H,3-5H2,1-2H3. The first-order chi connectivity index (χ1) is 5.20. The van der Waals surface area contributed by atoms with Crippen LogP contribution in [0.4, 0.5) is 0 Å². The summed E-state index contributed by atoms with van der Waals surface area (Å²) in [6.07, 6.45) is 0.241. The average molecular weight is 159 g/mol. The largest absolute Gasteiger partial charge is 0.371 e. The van der Waals surface area contributed by atoms with Crippen molar-refractivity contribution in [1.82, 2.24) is 4.90 Å². The van der Waals surface area contributed by atoms with E-state index in [0.29, 0.717) is 6.61 Å². The molecular weight excluding hydrogens is 146 g/mol. The fourth-order valence-corrected chi connectivity index (χ4v) is 0.571. The molecule has 64 valence electrons. The Balaban J connectivity index is 1.96. The lowest BCUT2D eigenvalue weighted by atomic mass is 10.5. The van der Waals surface area contributed by atoms with Crippen LogP contribution in [0.2, 0.25) is 0 Å². The number of hydrogen-bond acceptors (Lipinski definition) is 3. The summed E-state index contributed by atoms with van der Waals surface area (Å²) in [5.74, 6) is -0.00866. The highest BCUT2D eigenvalue weighted by atomic mass is 16.6. The number of likely N-dealkylation sites (N-methyl/N-ethyl adjacent to an activating group) is 1. The van der Waals surface area contributed by atoms with Gasteiger partial charge in [-0.25, -0.2) is 0 Å². The molecule has 1 saturated heterocycles. The Morgan fingerprint density at radius 2 is 2.36 bits per heavy atom. The van der Waals surface area contributed by atoms with Crippen LogP contribution < -0.4 is 0 Å². The van der Waals surface area contributed by atoms with Gasteiger partial charge in [0.1, 0.15) is 12.7 Å². The highest BCUT2D eigenvalue weighted by molar-refractivity contribution is 5.76. The van der Waals surface area contributed by atoms with Gasteiger partial charge in [-0.1, -0.05) is 0 Å². The highest BCUT2D eigenvalue weighted by Crippen LogP contribution is 2.08. The molecule has 11 heavy (non-hydrogen) atoms. The van der Waals surface area contributed by atoms with Gasteiger partial charge in [0, 0.05) is 14.1 Å². The van der Waals surface area contributed by atoms with E-state index in [2.05, 4.69) is 0 Å². The highest BCUT2D eigenvalue weighted by Gasteiger charge is 2.22. The first-order valence-corrected chi connectivity index (χ1v) is 3.59. The van der Waals surface area contributed by atoms with E-state index in [9.17, 15) is 4.79 Å². The summed E-state index contributed by atoms with van der Waals surface area (Å²) in [6, 6.07) is 0. The maximum Gasteiger partial charge on any atom is 0.248 e. The normalized spacial score (nSPS) is 21.5. The zero-order valence-electron chi connectivity index (χ0n) is 6.87. The predicted octanol–water partition coefficient (Wildman–Crippen LogP) is -0.510. The number of rotatable bonds is 4. The first-order valence-electron chi connectivity index (χ1n) is 3.59. The fourth-order valence-electron chi connectivity index (χ4n) is 0.571. The van der Waals surface area contributed by atoms with Crippen molar-refractivity contribution in [1.29, 1.82) is 0 Å². The van der Waals surface area contributed by atoms with E-state index in [4.69, 9.17) is 9.47 Å². The summed E-state index contributed by atoms with van der Waals surface area (Å²) in [5, 5.41) is 0. The van der Waals surface area contributed by atoms with Gasteiger partial charge < -0.3 is 14.4 Å². The van der Waals surface area contributed by atoms with E-state index in [0.717, 1.165) is 6.61 Å². The van der Waals surface area contributed by atoms with Crippen LogP contribution in [-0.4, -0.2) is 50.8 Å². The van der Waals surface area contributed by atoms with Crippen LogP contribution in [0.15, 0.2) is 0 Å². The molecule has 4 nitrogen and oxygen atoms in total. The Morgan fingerprint density at radius 1 is 1.73 bits per heavy atom. The number of carbonyl (C=O) groups excluding carboxylic acids is 1. The smallest absolute Gasteiger partial charge is 0.248 e. The molecule has 1 atom stereocenters. The third-order valence-corrected chi connectivity index (χ3v) is 1.43. The molecule has 0 radical (unpaired) electrons. The molecule has 0 aromatic rings. The molecule has 0 spiro atoms. The average Bonchev–Trinajstić information content (AvgIpc) is 2.71. The van der Waals surface area contributed by atoms with Gasteiger partial charge in [-0.3, -0.25) is 4.79 Å². The number of ether oxygens (including phenoxy) is 2. The first kappa shape index (κ1) is 8.49. The summed E-state index contributed by atoms with van der Waals surface area (Å²) >= 11 is 0. The Bertz CT molecular complexity index is 143. The van der Waals surface area contributed by atoms with E-state index in [1.807, 2.05) is 0 Å². The zero-order chi connectivity index (χ0) is 8.27. The van der Waals surface area contributed by atoms with Gasteiger partial charge in [-0.15, -0.1) is 0 Å². The maximum atomic E-state index is 10.9. The molecule has 1 aliphatic rings. The topological polar surface area (TPSA) is 42.1 Å². The molecule has 1 aliphatic heterocycles. The van der Waals surface area contributed by atoms with Crippen molar-refractivity contribution in [3.63, 3.8) is 0 Å². The lowest BCUT2D eigenvalue weighted by molar-refractivity contribution is -0.133. The minimum absolute atomic E-state index is 0.00866. The van der Waals surface area contributed by atoms with E-state index in [-0.39, 0.29) is 18.6 Å². The molecule has 0 bridgehead atoms. The van der Waals surface area contributed by atoms with Crippen LogP contribution in [0.5, 0.6) is 0 Å². The zero-order valence-corrected chi connectivity index (χ0v) is 6.87. The summed E-state index contributed by atoms with van der Waals surface area (Å²) in [4.78, 5) is 12.4. The number of carbonyl (C=O) groups is 1. The molecule has 0 saturated carbocycles. The van der Waals surface area contributed by atoms with E-state index in [1.54, 1.807) is 14.1 Å². The molecular formula is C7H13NO3. The van der Waals surface area contributed by atoms with Crippen LogP contribution in [-0.2, 0) is 14.3 Å². The van der Waals surface area contributed by atoms with Gasteiger partial charge in [-0.2, -0.15) is 0 Å². The third kappa shape index (κ3) is 3.34. The van der Waals surface area contributed by atoms with Crippen LogP contribution in [0.3, 0.4) is 0 Å². The molecule has 0 aliphatic carbocycles. The minimum atomic E-state index is -0.00866. The van der Waals surface area contributed by atoms with Gasteiger partial charge in [0.25, 0.3) is 0 Å². The number of epoxide rings is 1. The van der Waals surface area contributed by atoms with Gasteiger partial charge in [0.15, 0.2) is 0 Å². The van der Waals surface area contributed by atoms with Crippen molar-refractivity contribution < 1.29 is 14.3 Å². The number of hydrogen-bond donors (Lipinski definition) is 0. The van der Waals surface area contributed by atoms with Gasteiger partial charge >= 0.3 is 0 Å². The Labute approximate surface area is 66.1 Å². The molecule has 1 heterocycles. The van der Waals surface area contributed by atoms with Crippen molar-refractivity contribution in [2.75, 3.05) is 33.9 Å². The number of nitrogens with zero attached hydrogens (tertiary/aromatic N) is 1. The van der Waals surface area contributed by atoms with Crippen LogP contribution in [0, 0.1) is 0 Å². The van der Waals surface area contributed by atoms with Crippen molar-refractivity contribution in [3.8, 4) is 0 Å². The Hall–Kier alpha value is -0.610. The van der Waals surface area contributed by atoms with Crippen LogP contribution in [0.1, 0.15) is 0 Å². The minimum Gasteiger partial charge on any atom is -0.371 e. The van der Waals surface area contributed by atoms with E-state index < -0.39 is 0 Å². The van der Waals surface area contributed by atoms with Crippen LogP contribution >= 0.6 is 0 Å². The lowest BCUT2D eigenvalue weighted by Crippen LogP contribution is -2.26. The van der Waals surface area contributed by atoms with Crippen molar-refractivity contribution in [3.05, 3.63) is 0 Å². The molecule has 0 aromatic heterocycles. The predicted molar refractivity (Wildman–Crippen MR) is 39.3 cm³/mol. The maximum absolute atomic E-state index is 10.9. The van der Waals surface area contributed by atoms with Crippen molar-refractivity contribution in [2.24, 2.45) is 0 Å². The quantitative estimate of drug-likeness (QED) is 0.519. The summed E-state index contributed by atoms with van der Waals surface area (Å²) in [7, 11) is 3.42. The number of amides is 1. The molecule has 1 fully saturated rings. The Kier molecular flexibility index (Phi) is 2.84.